The Morgan fingerprint density at radius 3 is 2.60 bits per heavy atom. The van der Waals surface area contributed by atoms with Gasteiger partial charge in [0, 0.05) is 5.88 Å². The van der Waals surface area contributed by atoms with E-state index in [4.69, 9.17) is 11.6 Å². The van der Waals surface area contributed by atoms with Gasteiger partial charge in [-0.05, 0) is 19.3 Å². The molecule has 2 heteroatoms. The Kier molecular flexibility index (Phi) is 4.75. The lowest BCUT2D eigenvalue weighted by molar-refractivity contribution is 0.0363. The monoisotopic (exact) mass is 162 g/mol. The molecule has 0 aromatic carbocycles. The summed E-state index contributed by atoms with van der Waals surface area (Å²) < 4.78 is 0. The first-order valence-corrected chi connectivity index (χ1v) is 4.11. The molecule has 0 radical (unpaired) electrons. The lowest BCUT2D eigenvalue weighted by Crippen LogP contribution is -2.27. The first kappa shape index (κ1) is 9.99. The van der Waals surface area contributed by atoms with Gasteiger partial charge in [-0.3, -0.25) is 0 Å². The number of halogens is 1. The quantitative estimate of drug-likeness (QED) is 0.486. The number of hydrogen-bond acceptors (Lipinski definition) is 1. The SMILES string of the molecule is C=CCC(O)(CC)CCCl. The van der Waals surface area contributed by atoms with Crippen LogP contribution in [0.2, 0.25) is 0 Å². The maximum Gasteiger partial charge on any atom is 0.0690 e. The number of alkyl halides is 1. The molecule has 0 saturated heterocycles. The van der Waals surface area contributed by atoms with Crippen LogP contribution >= 0.6 is 11.6 Å². The van der Waals surface area contributed by atoms with Gasteiger partial charge in [0.2, 0.25) is 0 Å². The Morgan fingerprint density at radius 2 is 2.30 bits per heavy atom. The van der Waals surface area contributed by atoms with E-state index in [2.05, 4.69) is 6.58 Å². The molecular weight excluding hydrogens is 148 g/mol. The van der Waals surface area contributed by atoms with Gasteiger partial charge >= 0.3 is 0 Å². The molecule has 0 heterocycles. The van der Waals surface area contributed by atoms with Crippen LogP contribution in [-0.2, 0) is 0 Å². The summed E-state index contributed by atoms with van der Waals surface area (Å²) in [5.41, 5.74) is -0.608. The minimum atomic E-state index is -0.608. The van der Waals surface area contributed by atoms with Crippen LogP contribution in [-0.4, -0.2) is 16.6 Å². The second-order valence-corrected chi connectivity index (χ2v) is 2.89. The van der Waals surface area contributed by atoms with Gasteiger partial charge in [0.1, 0.15) is 0 Å². The fraction of sp³-hybridized carbons (Fsp3) is 0.750. The topological polar surface area (TPSA) is 20.2 Å². The highest BCUT2D eigenvalue weighted by Crippen LogP contribution is 2.20. The Hall–Kier alpha value is -0.0100. The van der Waals surface area contributed by atoms with Crippen molar-refractivity contribution in [3.8, 4) is 0 Å². The minimum Gasteiger partial charge on any atom is -0.390 e. The Bertz CT molecular complexity index is 103. The third-order valence-corrected chi connectivity index (χ3v) is 1.93. The van der Waals surface area contributed by atoms with E-state index < -0.39 is 5.60 Å². The van der Waals surface area contributed by atoms with Crippen molar-refractivity contribution in [1.82, 2.24) is 0 Å². The van der Waals surface area contributed by atoms with Gasteiger partial charge in [0.25, 0.3) is 0 Å². The number of aliphatic hydroxyl groups is 1. The van der Waals surface area contributed by atoms with Crippen molar-refractivity contribution >= 4 is 11.6 Å². The van der Waals surface area contributed by atoms with Gasteiger partial charge < -0.3 is 5.11 Å². The zero-order chi connectivity index (χ0) is 8.04. The lowest BCUT2D eigenvalue weighted by Gasteiger charge is -2.23. The lowest BCUT2D eigenvalue weighted by atomic mass is 9.94. The molecule has 0 amide bonds. The van der Waals surface area contributed by atoms with Crippen LogP contribution in [0.1, 0.15) is 26.2 Å². The predicted octanol–water partition coefficient (Wildman–Crippen LogP) is 2.33. The molecule has 0 aromatic heterocycles. The smallest absolute Gasteiger partial charge is 0.0690 e. The highest BCUT2D eigenvalue weighted by molar-refractivity contribution is 6.17. The van der Waals surface area contributed by atoms with Crippen molar-refractivity contribution in [3.63, 3.8) is 0 Å². The molecule has 0 fully saturated rings. The van der Waals surface area contributed by atoms with E-state index in [1.54, 1.807) is 6.08 Å². The molecule has 0 saturated carbocycles. The number of rotatable bonds is 5. The van der Waals surface area contributed by atoms with Crippen molar-refractivity contribution in [2.45, 2.75) is 31.8 Å². The second kappa shape index (κ2) is 4.75. The minimum absolute atomic E-state index is 0.512. The molecular formula is C8H15ClO. The van der Waals surface area contributed by atoms with Crippen LogP contribution in [0.3, 0.4) is 0 Å². The zero-order valence-electron chi connectivity index (χ0n) is 6.44. The highest BCUT2D eigenvalue weighted by atomic mass is 35.5. The molecule has 0 rings (SSSR count). The molecule has 0 aliphatic carbocycles. The summed E-state index contributed by atoms with van der Waals surface area (Å²) in [6.07, 6.45) is 3.76. The first-order valence-electron chi connectivity index (χ1n) is 3.58. The average molecular weight is 163 g/mol. The molecule has 0 bridgehead atoms. The Morgan fingerprint density at radius 1 is 1.70 bits per heavy atom. The highest BCUT2D eigenvalue weighted by Gasteiger charge is 2.21. The van der Waals surface area contributed by atoms with Gasteiger partial charge in [-0.25, -0.2) is 0 Å². The fourth-order valence-electron chi connectivity index (χ4n) is 0.868. The first-order chi connectivity index (χ1) is 4.68. The van der Waals surface area contributed by atoms with Gasteiger partial charge in [-0.15, -0.1) is 18.2 Å². The molecule has 0 aliphatic heterocycles. The molecule has 0 spiro atoms. The summed E-state index contributed by atoms with van der Waals surface area (Å²) in [4.78, 5) is 0. The fourth-order valence-corrected chi connectivity index (χ4v) is 1.22. The van der Waals surface area contributed by atoms with Crippen molar-refractivity contribution in [1.29, 1.82) is 0 Å². The van der Waals surface area contributed by atoms with Gasteiger partial charge in [-0.2, -0.15) is 0 Å². The third-order valence-electron chi connectivity index (χ3n) is 1.74. The standard InChI is InChI=1S/C8H15ClO/c1-3-5-8(10,4-2)6-7-9/h3,10H,1,4-7H2,2H3. The molecule has 0 aromatic rings. The van der Waals surface area contributed by atoms with Crippen molar-refractivity contribution in [2.75, 3.05) is 5.88 Å². The molecule has 1 nitrogen and oxygen atoms in total. The van der Waals surface area contributed by atoms with Gasteiger partial charge in [0.05, 0.1) is 5.60 Å². The van der Waals surface area contributed by atoms with Crippen LogP contribution in [0.4, 0.5) is 0 Å². The van der Waals surface area contributed by atoms with E-state index >= 15 is 0 Å². The summed E-state index contributed by atoms with van der Waals surface area (Å²) in [5, 5.41) is 9.66. The van der Waals surface area contributed by atoms with Crippen molar-refractivity contribution in [2.24, 2.45) is 0 Å². The van der Waals surface area contributed by atoms with E-state index in [1.165, 1.54) is 0 Å². The summed E-state index contributed by atoms with van der Waals surface area (Å²) in [7, 11) is 0. The van der Waals surface area contributed by atoms with E-state index in [0.29, 0.717) is 18.7 Å². The van der Waals surface area contributed by atoms with E-state index in [0.717, 1.165) is 6.42 Å². The molecule has 1 atom stereocenters. The van der Waals surface area contributed by atoms with Crippen LogP contribution in [0, 0.1) is 0 Å². The van der Waals surface area contributed by atoms with Crippen LogP contribution < -0.4 is 0 Å². The molecule has 1 unspecified atom stereocenters. The second-order valence-electron chi connectivity index (χ2n) is 2.51. The zero-order valence-corrected chi connectivity index (χ0v) is 7.19. The van der Waals surface area contributed by atoms with Crippen LogP contribution in [0.25, 0.3) is 0 Å². The Labute approximate surface area is 67.7 Å². The van der Waals surface area contributed by atoms with E-state index in [9.17, 15) is 5.11 Å². The Balaban J connectivity index is 3.80. The van der Waals surface area contributed by atoms with Crippen LogP contribution in [0.5, 0.6) is 0 Å². The van der Waals surface area contributed by atoms with Gasteiger partial charge in [-0.1, -0.05) is 13.0 Å². The molecule has 60 valence electrons. The average Bonchev–Trinajstić information content (AvgIpc) is 1.89. The van der Waals surface area contributed by atoms with Crippen molar-refractivity contribution < 1.29 is 5.11 Å². The molecule has 1 N–H and O–H groups in total. The molecule has 0 aliphatic rings. The molecule has 10 heavy (non-hydrogen) atoms. The largest absolute Gasteiger partial charge is 0.390 e. The van der Waals surface area contributed by atoms with Gasteiger partial charge in [0.15, 0.2) is 0 Å². The summed E-state index contributed by atoms with van der Waals surface area (Å²) in [6.45, 7) is 5.53. The van der Waals surface area contributed by atoms with E-state index in [1.807, 2.05) is 6.92 Å². The predicted molar refractivity (Wildman–Crippen MR) is 45.4 cm³/mol. The third kappa shape index (κ3) is 3.23. The maximum atomic E-state index is 9.66. The summed E-state index contributed by atoms with van der Waals surface area (Å²) in [5.74, 6) is 0.512. The summed E-state index contributed by atoms with van der Waals surface area (Å²) in [6, 6.07) is 0. The van der Waals surface area contributed by atoms with E-state index in [-0.39, 0.29) is 0 Å². The summed E-state index contributed by atoms with van der Waals surface area (Å²) >= 11 is 5.51. The van der Waals surface area contributed by atoms with Crippen molar-refractivity contribution in [3.05, 3.63) is 12.7 Å². The number of hydrogen-bond donors (Lipinski definition) is 1. The normalized spacial score (nSPS) is 16.3. The van der Waals surface area contributed by atoms with Crippen LogP contribution in [0.15, 0.2) is 12.7 Å². The maximum absolute atomic E-state index is 9.66.